The van der Waals surface area contributed by atoms with Gasteiger partial charge in [0.25, 0.3) is 5.91 Å². The molecule has 1 saturated heterocycles. The first-order valence-electron chi connectivity index (χ1n) is 6.95. The van der Waals surface area contributed by atoms with Crippen LogP contribution in [0.2, 0.25) is 0 Å². The molecule has 23 heavy (non-hydrogen) atoms. The zero-order valence-corrected chi connectivity index (χ0v) is 12.9. The van der Waals surface area contributed by atoms with Crippen molar-refractivity contribution >= 4 is 34.6 Å². The second-order valence-electron chi connectivity index (χ2n) is 4.82. The highest BCUT2D eigenvalue weighted by molar-refractivity contribution is 8.19. The van der Waals surface area contributed by atoms with Gasteiger partial charge in [-0.25, -0.2) is 4.39 Å². The van der Waals surface area contributed by atoms with Crippen LogP contribution in [0.4, 0.5) is 10.1 Å². The lowest BCUT2D eigenvalue weighted by Gasteiger charge is -2.13. The number of nitrogens with zero attached hydrogens (tertiary/aromatic N) is 1. The van der Waals surface area contributed by atoms with Crippen LogP contribution in [-0.2, 0) is 4.79 Å². The van der Waals surface area contributed by atoms with Gasteiger partial charge in [0.2, 0.25) is 0 Å². The van der Waals surface area contributed by atoms with Gasteiger partial charge in [-0.05, 0) is 47.7 Å². The molecule has 0 atom stereocenters. The summed E-state index contributed by atoms with van der Waals surface area (Å²) in [6.45, 7) is 0. The molecular formula is C18H13FN2OS. The van der Waals surface area contributed by atoms with Crippen molar-refractivity contribution in [2.45, 2.75) is 0 Å². The van der Waals surface area contributed by atoms with Gasteiger partial charge in [0.15, 0.2) is 5.17 Å². The Bertz CT molecular complexity index is 798. The predicted molar refractivity (Wildman–Crippen MR) is 92.8 cm³/mol. The summed E-state index contributed by atoms with van der Waals surface area (Å²) in [4.78, 5) is 14.1. The third-order valence-electron chi connectivity index (χ3n) is 3.24. The summed E-state index contributed by atoms with van der Waals surface area (Å²) in [6, 6.07) is 15.3. The standard InChI is InChI=1S/C18H13FN2OS/c19-14-9-11-15(12-10-14)21-17(22)16(23-18(21)20)8-4-7-13-5-2-1-3-6-13/h1-12,20H/b7-4+,16-8-,20-18?. The summed E-state index contributed by atoms with van der Waals surface area (Å²) in [5.74, 6) is -0.648. The lowest BCUT2D eigenvalue weighted by Crippen LogP contribution is -2.28. The number of carbonyl (C=O) groups is 1. The van der Waals surface area contributed by atoms with E-state index in [-0.39, 0.29) is 16.9 Å². The fourth-order valence-corrected chi connectivity index (χ4v) is 2.95. The maximum atomic E-state index is 13.0. The number of amides is 1. The number of hydrogen-bond acceptors (Lipinski definition) is 3. The Morgan fingerprint density at radius 1 is 1.04 bits per heavy atom. The van der Waals surface area contributed by atoms with Crippen molar-refractivity contribution in [2.75, 3.05) is 4.90 Å². The van der Waals surface area contributed by atoms with Crippen LogP contribution in [0.25, 0.3) is 6.08 Å². The zero-order valence-electron chi connectivity index (χ0n) is 12.1. The smallest absolute Gasteiger partial charge is 0.271 e. The van der Waals surface area contributed by atoms with E-state index < -0.39 is 0 Å². The molecule has 3 rings (SSSR count). The van der Waals surface area contributed by atoms with Crippen LogP contribution in [0, 0.1) is 11.2 Å². The summed E-state index contributed by atoms with van der Waals surface area (Å²) in [7, 11) is 0. The molecule has 1 amide bonds. The minimum absolute atomic E-state index is 0.112. The number of rotatable bonds is 3. The molecule has 1 aliphatic rings. The molecule has 1 fully saturated rings. The topological polar surface area (TPSA) is 44.2 Å². The maximum absolute atomic E-state index is 13.0. The van der Waals surface area contributed by atoms with Gasteiger partial charge in [0, 0.05) is 0 Å². The molecule has 0 aromatic heterocycles. The van der Waals surface area contributed by atoms with Crippen molar-refractivity contribution in [3.05, 3.63) is 83.0 Å². The van der Waals surface area contributed by atoms with Crippen molar-refractivity contribution in [1.29, 1.82) is 5.41 Å². The SMILES string of the molecule is N=C1S/C(=C\C=C\c2ccccc2)C(=O)N1c1ccc(F)cc1. The van der Waals surface area contributed by atoms with Crippen LogP contribution in [0.5, 0.6) is 0 Å². The molecule has 0 saturated carbocycles. The van der Waals surface area contributed by atoms with Crippen LogP contribution in [0.3, 0.4) is 0 Å². The summed E-state index contributed by atoms with van der Waals surface area (Å²) in [6.07, 6.45) is 5.38. The van der Waals surface area contributed by atoms with Crippen molar-refractivity contribution in [3.8, 4) is 0 Å². The van der Waals surface area contributed by atoms with E-state index in [1.165, 1.54) is 29.2 Å². The molecule has 1 heterocycles. The normalized spacial score (nSPS) is 16.7. The zero-order chi connectivity index (χ0) is 16.2. The quantitative estimate of drug-likeness (QED) is 0.848. The molecule has 0 aliphatic carbocycles. The molecule has 3 nitrogen and oxygen atoms in total. The van der Waals surface area contributed by atoms with Gasteiger partial charge in [0.05, 0.1) is 10.6 Å². The number of hydrogen-bond donors (Lipinski definition) is 1. The molecule has 0 unspecified atom stereocenters. The van der Waals surface area contributed by atoms with E-state index in [1.807, 2.05) is 36.4 Å². The van der Waals surface area contributed by atoms with Crippen molar-refractivity contribution in [1.82, 2.24) is 0 Å². The van der Waals surface area contributed by atoms with Gasteiger partial charge in [0.1, 0.15) is 5.82 Å². The van der Waals surface area contributed by atoms with Crippen LogP contribution in [-0.4, -0.2) is 11.1 Å². The first-order chi connectivity index (χ1) is 11.1. The van der Waals surface area contributed by atoms with Crippen LogP contribution < -0.4 is 4.90 Å². The number of halogens is 1. The van der Waals surface area contributed by atoms with Crippen molar-refractivity contribution < 1.29 is 9.18 Å². The Kier molecular flexibility index (Phi) is 4.39. The molecule has 1 aliphatic heterocycles. The molecule has 2 aromatic rings. The Morgan fingerprint density at radius 2 is 1.74 bits per heavy atom. The van der Waals surface area contributed by atoms with Crippen LogP contribution in [0.15, 0.2) is 71.7 Å². The number of nitrogens with one attached hydrogen (secondary N) is 1. The molecule has 0 bridgehead atoms. The fraction of sp³-hybridized carbons (Fsp3) is 0. The largest absolute Gasteiger partial charge is 0.278 e. The molecular weight excluding hydrogens is 311 g/mol. The first kappa shape index (κ1) is 15.2. The number of carbonyl (C=O) groups excluding carboxylic acids is 1. The minimum atomic E-state index is -0.374. The molecule has 1 N–H and O–H groups in total. The monoisotopic (exact) mass is 324 g/mol. The van der Waals surface area contributed by atoms with E-state index in [0.717, 1.165) is 17.3 Å². The Morgan fingerprint density at radius 3 is 2.43 bits per heavy atom. The van der Waals surface area contributed by atoms with Gasteiger partial charge < -0.3 is 0 Å². The van der Waals surface area contributed by atoms with Crippen LogP contribution in [0.1, 0.15) is 5.56 Å². The maximum Gasteiger partial charge on any atom is 0.271 e. The van der Waals surface area contributed by atoms with E-state index in [4.69, 9.17) is 5.41 Å². The van der Waals surface area contributed by atoms with E-state index in [0.29, 0.717) is 10.6 Å². The lowest BCUT2D eigenvalue weighted by atomic mass is 10.2. The third-order valence-corrected chi connectivity index (χ3v) is 4.15. The van der Waals surface area contributed by atoms with Gasteiger partial charge in [-0.1, -0.05) is 42.5 Å². The minimum Gasteiger partial charge on any atom is -0.278 e. The Labute approximate surface area is 137 Å². The van der Waals surface area contributed by atoms with Gasteiger partial charge >= 0.3 is 0 Å². The van der Waals surface area contributed by atoms with Gasteiger partial charge in [-0.2, -0.15) is 0 Å². The number of thioether (sulfide) groups is 1. The fourth-order valence-electron chi connectivity index (χ4n) is 2.14. The van der Waals surface area contributed by atoms with Crippen molar-refractivity contribution in [2.24, 2.45) is 0 Å². The van der Waals surface area contributed by atoms with E-state index in [2.05, 4.69) is 0 Å². The van der Waals surface area contributed by atoms with Crippen LogP contribution >= 0.6 is 11.8 Å². The summed E-state index contributed by atoms with van der Waals surface area (Å²) in [5, 5.41) is 8.08. The summed E-state index contributed by atoms with van der Waals surface area (Å²) < 4.78 is 13.0. The Balaban J connectivity index is 1.79. The summed E-state index contributed by atoms with van der Waals surface area (Å²) >= 11 is 1.09. The molecule has 2 aromatic carbocycles. The number of anilines is 1. The first-order valence-corrected chi connectivity index (χ1v) is 7.76. The molecule has 0 radical (unpaired) electrons. The second-order valence-corrected chi connectivity index (χ2v) is 5.86. The van der Waals surface area contributed by atoms with Gasteiger partial charge in [-0.15, -0.1) is 0 Å². The average Bonchev–Trinajstić information content (AvgIpc) is 2.84. The average molecular weight is 324 g/mol. The van der Waals surface area contributed by atoms with E-state index >= 15 is 0 Å². The predicted octanol–water partition coefficient (Wildman–Crippen LogP) is 4.44. The number of amidine groups is 1. The lowest BCUT2D eigenvalue weighted by molar-refractivity contribution is -0.113. The Hall–Kier alpha value is -2.66. The third kappa shape index (κ3) is 3.40. The van der Waals surface area contributed by atoms with E-state index in [1.54, 1.807) is 12.2 Å². The second kappa shape index (κ2) is 6.62. The van der Waals surface area contributed by atoms with Crippen molar-refractivity contribution in [3.63, 3.8) is 0 Å². The molecule has 5 heteroatoms. The number of benzene rings is 2. The summed E-state index contributed by atoms with van der Waals surface area (Å²) in [5.41, 5.74) is 1.52. The highest BCUT2D eigenvalue weighted by Crippen LogP contribution is 2.33. The highest BCUT2D eigenvalue weighted by Gasteiger charge is 2.33. The number of allylic oxidation sites excluding steroid dienone is 2. The molecule has 114 valence electrons. The highest BCUT2D eigenvalue weighted by atomic mass is 32.2. The molecule has 0 spiro atoms. The van der Waals surface area contributed by atoms with E-state index in [9.17, 15) is 9.18 Å². The van der Waals surface area contributed by atoms with Gasteiger partial charge in [-0.3, -0.25) is 15.1 Å².